The van der Waals surface area contributed by atoms with Crippen LogP contribution in [0.5, 0.6) is 5.75 Å². The van der Waals surface area contributed by atoms with E-state index in [2.05, 4.69) is 40.4 Å². The van der Waals surface area contributed by atoms with E-state index >= 15 is 0 Å². The van der Waals surface area contributed by atoms with Crippen LogP contribution in [0.2, 0.25) is 5.02 Å². The van der Waals surface area contributed by atoms with E-state index in [1.165, 1.54) is 30.5 Å². The Hall–Kier alpha value is -3.71. The standard InChI is InChI=1S/C28H29ClFN5O3/c1-3-35(4-2)12-5-6-25(36)34-28-24(38-20-11-13-37-17-20)10-8-21-26(18(15-31)16-32-27(21)28)33-19-7-9-23(30)22(29)14-19/h5-10,14,16,20H,3-4,11-13,17H2,1-2H3,(H,32,33)(H,34,36)/b6-5+/t20-/m0/s1. The number of benzene rings is 2. The van der Waals surface area contributed by atoms with E-state index < -0.39 is 5.82 Å². The van der Waals surface area contributed by atoms with E-state index in [-0.39, 0.29) is 22.6 Å². The second kappa shape index (κ2) is 12.7. The number of carbonyl (C=O) groups excluding carboxylic acids is 1. The van der Waals surface area contributed by atoms with Crippen LogP contribution in [0.25, 0.3) is 10.9 Å². The second-order valence-electron chi connectivity index (χ2n) is 8.73. The third-order valence-corrected chi connectivity index (χ3v) is 6.56. The van der Waals surface area contributed by atoms with Crippen molar-refractivity contribution in [3.05, 3.63) is 65.1 Å². The van der Waals surface area contributed by atoms with Crippen LogP contribution in [0.15, 0.2) is 48.7 Å². The van der Waals surface area contributed by atoms with Crippen LogP contribution in [0.4, 0.5) is 21.5 Å². The molecule has 1 amide bonds. The number of nitrogens with one attached hydrogen (secondary N) is 2. The normalized spacial score (nSPS) is 15.2. The summed E-state index contributed by atoms with van der Waals surface area (Å²) in [5.74, 6) is -0.427. The van der Waals surface area contributed by atoms with Crippen molar-refractivity contribution in [1.82, 2.24) is 9.88 Å². The van der Waals surface area contributed by atoms with E-state index in [4.69, 9.17) is 21.1 Å². The Morgan fingerprint density at radius 3 is 2.82 bits per heavy atom. The lowest BCUT2D eigenvalue weighted by Crippen LogP contribution is -2.23. The first kappa shape index (κ1) is 27.3. The summed E-state index contributed by atoms with van der Waals surface area (Å²) in [6.07, 6.45) is 5.30. The van der Waals surface area contributed by atoms with E-state index in [9.17, 15) is 14.4 Å². The van der Waals surface area contributed by atoms with Gasteiger partial charge in [0.1, 0.15) is 29.4 Å². The van der Waals surface area contributed by atoms with Gasteiger partial charge in [-0.2, -0.15) is 5.26 Å². The Bertz CT molecular complexity index is 1380. The molecule has 3 aromatic rings. The first-order chi connectivity index (χ1) is 18.4. The molecular weight excluding hydrogens is 509 g/mol. The number of nitriles is 1. The zero-order valence-electron chi connectivity index (χ0n) is 21.3. The van der Waals surface area contributed by atoms with Gasteiger partial charge < -0.3 is 25.0 Å². The highest BCUT2D eigenvalue weighted by molar-refractivity contribution is 6.31. The van der Waals surface area contributed by atoms with Gasteiger partial charge in [-0.25, -0.2) is 4.39 Å². The number of aromatic nitrogens is 1. The number of anilines is 3. The van der Waals surface area contributed by atoms with Gasteiger partial charge >= 0.3 is 0 Å². The molecule has 2 aromatic carbocycles. The Morgan fingerprint density at radius 2 is 2.13 bits per heavy atom. The number of ether oxygens (including phenoxy) is 2. The smallest absolute Gasteiger partial charge is 0.248 e. The zero-order valence-corrected chi connectivity index (χ0v) is 22.0. The Balaban J connectivity index is 1.74. The number of halogens is 2. The fourth-order valence-corrected chi connectivity index (χ4v) is 4.33. The lowest BCUT2D eigenvalue weighted by Gasteiger charge is -2.19. The lowest BCUT2D eigenvalue weighted by molar-refractivity contribution is -0.111. The molecule has 2 N–H and O–H groups in total. The van der Waals surface area contributed by atoms with E-state index in [0.29, 0.717) is 53.5 Å². The van der Waals surface area contributed by atoms with Gasteiger partial charge in [0.05, 0.1) is 35.0 Å². The zero-order chi connectivity index (χ0) is 27.1. The molecule has 1 aliphatic rings. The highest BCUT2D eigenvalue weighted by atomic mass is 35.5. The van der Waals surface area contributed by atoms with Crippen molar-refractivity contribution in [3.63, 3.8) is 0 Å². The van der Waals surface area contributed by atoms with Gasteiger partial charge in [-0.1, -0.05) is 31.5 Å². The summed E-state index contributed by atoms with van der Waals surface area (Å²) in [6, 6.07) is 9.84. The number of likely N-dealkylation sites (N-methyl/N-ethyl adjacent to an activating group) is 1. The molecule has 0 unspecified atom stereocenters. The predicted octanol–water partition coefficient (Wildman–Crippen LogP) is 5.65. The van der Waals surface area contributed by atoms with Crippen molar-refractivity contribution in [2.75, 3.05) is 43.5 Å². The number of pyridine rings is 1. The largest absolute Gasteiger partial charge is 0.486 e. The molecule has 1 aliphatic heterocycles. The molecule has 0 radical (unpaired) electrons. The van der Waals surface area contributed by atoms with Crippen molar-refractivity contribution in [1.29, 1.82) is 5.26 Å². The SMILES string of the molecule is CCN(CC)C/C=C/C(=O)Nc1c(O[C@H]2CCOC2)ccc2c(Nc3ccc(F)c(Cl)c3)c(C#N)cnc12. The minimum absolute atomic E-state index is 0.0502. The van der Waals surface area contributed by atoms with Crippen molar-refractivity contribution in [2.45, 2.75) is 26.4 Å². The summed E-state index contributed by atoms with van der Waals surface area (Å²) in [4.78, 5) is 19.6. The Kier molecular flexibility index (Phi) is 9.13. The molecule has 0 bridgehead atoms. The third kappa shape index (κ3) is 6.40. The van der Waals surface area contributed by atoms with Gasteiger partial charge in [0, 0.05) is 36.3 Å². The second-order valence-corrected chi connectivity index (χ2v) is 9.14. The topological polar surface area (TPSA) is 99.5 Å². The van der Waals surface area contributed by atoms with Gasteiger partial charge in [0.25, 0.3) is 0 Å². The maximum absolute atomic E-state index is 13.7. The molecule has 2 heterocycles. The summed E-state index contributed by atoms with van der Waals surface area (Å²) in [7, 11) is 0. The average molecular weight is 538 g/mol. The number of nitrogens with zero attached hydrogens (tertiary/aromatic N) is 3. The predicted molar refractivity (Wildman–Crippen MR) is 147 cm³/mol. The molecule has 4 rings (SSSR count). The van der Waals surface area contributed by atoms with Crippen LogP contribution in [-0.2, 0) is 9.53 Å². The minimum atomic E-state index is -0.547. The van der Waals surface area contributed by atoms with Gasteiger partial charge in [-0.05, 0) is 43.4 Å². The van der Waals surface area contributed by atoms with Crippen LogP contribution in [0.3, 0.4) is 0 Å². The molecule has 1 aromatic heterocycles. The number of hydrogen-bond donors (Lipinski definition) is 2. The number of amides is 1. The molecule has 0 spiro atoms. The van der Waals surface area contributed by atoms with Crippen molar-refractivity contribution in [2.24, 2.45) is 0 Å². The van der Waals surface area contributed by atoms with Crippen LogP contribution < -0.4 is 15.4 Å². The van der Waals surface area contributed by atoms with Crippen LogP contribution in [0.1, 0.15) is 25.8 Å². The summed E-state index contributed by atoms with van der Waals surface area (Å²) >= 11 is 5.96. The molecule has 0 saturated carbocycles. The van der Waals surface area contributed by atoms with Crippen molar-refractivity contribution in [3.8, 4) is 11.8 Å². The molecule has 198 valence electrons. The molecule has 1 fully saturated rings. The van der Waals surface area contributed by atoms with Gasteiger partial charge in [0.15, 0.2) is 0 Å². The quantitative estimate of drug-likeness (QED) is 0.322. The molecule has 1 atom stereocenters. The Morgan fingerprint density at radius 1 is 1.32 bits per heavy atom. The summed E-state index contributed by atoms with van der Waals surface area (Å²) in [5, 5.41) is 16.4. The van der Waals surface area contributed by atoms with E-state index in [0.717, 1.165) is 19.5 Å². The summed E-state index contributed by atoms with van der Waals surface area (Å²) in [5.41, 5.74) is 2.03. The Labute approximate surface area is 226 Å². The maximum Gasteiger partial charge on any atom is 0.248 e. The molecule has 0 aliphatic carbocycles. The highest BCUT2D eigenvalue weighted by Gasteiger charge is 2.22. The van der Waals surface area contributed by atoms with E-state index in [1.807, 2.05) is 6.08 Å². The third-order valence-electron chi connectivity index (χ3n) is 6.27. The van der Waals surface area contributed by atoms with Crippen LogP contribution >= 0.6 is 11.6 Å². The molecule has 10 heteroatoms. The minimum Gasteiger partial charge on any atom is -0.486 e. The summed E-state index contributed by atoms with van der Waals surface area (Å²) < 4.78 is 25.3. The van der Waals surface area contributed by atoms with Gasteiger partial charge in [-0.15, -0.1) is 0 Å². The first-order valence-electron chi connectivity index (χ1n) is 12.5. The maximum atomic E-state index is 13.7. The van der Waals surface area contributed by atoms with Crippen molar-refractivity contribution >= 4 is 45.5 Å². The molecule has 8 nitrogen and oxygen atoms in total. The number of rotatable bonds is 10. The fraction of sp³-hybridized carbons (Fsp3) is 0.321. The molecular formula is C28H29ClFN5O3. The van der Waals surface area contributed by atoms with Gasteiger partial charge in [0.2, 0.25) is 5.91 Å². The number of carbonyl (C=O) groups is 1. The monoisotopic (exact) mass is 537 g/mol. The van der Waals surface area contributed by atoms with Crippen molar-refractivity contribution < 1.29 is 18.7 Å². The number of fused-ring (bicyclic) bond motifs is 1. The fourth-order valence-electron chi connectivity index (χ4n) is 4.14. The van der Waals surface area contributed by atoms with E-state index in [1.54, 1.807) is 12.1 Å². The molecule has 38 heavy (non-hydrogen) atoms. The van der Waals surface area contributed by atoms with Crippen LogP contribution in [-0.4, -0.2) is 54.7 Å². The summed E-state index contributed by atoms with van der Waals surface area (Å²) in [6.45, 7) is 7.60. The lowest BCUT2D eigenvalue weighted by atomic mass is 10.1. The number of hydrogen-bond acceptors (Lipinski definition) is 7. The first-order valence-corrected chi connectivity index (χ1v) is 12.8. The van der Waals surface area contributed by atoms with Crippen LogP contribution in [0, 0.1) is 17.1 Å². The van der Waals surface area contributed by atoms with Gasteiger partial charge in [-0.3, -0.25) is 9.78 Å². The highest BCUT2D eigenvalue weighted by Crippen LogP contribution is 2.39. The average Bonchev–Trinajstić information content (AvgIpc) is 3.43. The molecule has 1 saturated heterocycles.